The number of hydrogen-bond donors (Lipinski definition) is 2. The van der Waals surface area contributed by atoms with Crippen molar-refractivity contribution in [3.8, 4) is 0 Å². The largest absolute Gasteiger partial charge is 0.481 e. The number of carboxylic acid groups (broad SMARTS) is 1. The van der Waals surface area contributed by atoms with E-state index in [0.717, 1.165) is 6.07 Å². The van der Waals surface area contributed by atoms with Gasteiger partial charge in [-0.3, -0.25) is 9.59 Å². The number of carbonyl (C=O) groups excluding carboxylic acids is 1. The quantitative estimate of drug-likeness (QED) is 0.875. The Labute approximate surface area is 115 Å². The second kappa shape index (κ2) is 6.52. The lowest BCUT2D eigenvalue weighted by Crippen LogP contribution is -2.40. The van der Waals surface area contributed by atoms with Gasteiger partial charge in [-0.25, -0.2) is 4.39 Å². The van der Waals surface area contributed by atoms with Crippen LogP contribution >= 0.6 is 11.6 Å². The average molecular weight is 288 g/mol. The highest BCUT2D eigenvalue weighted by Gasteiger charge is 2.21. The van der Waals surface area contributed by atoms with Gasteiger partial charge in [-0.2, -0.15) is 0 Å². The summed E-state index contributed by atoms with van der Waals surface area (Å²) in [6.45, 7) is 3.56. The molecule has 0 saturated heterocycles. The van der Waals surface area contributed by atoms with Crippen LogP contribution < -0.4 is 5.32 Å². The van der Waals surface area contributed by atoms with Gasteiger partial charge in [-0.05, 0) is 24.1 Å². The van der Waals surface area contributed by atoms with Gasteiger partial charge in [0.1, 0.15) is 5.82 Å². The molecule has 0 aliphatic carbocycles. The minimum atomic E-state index is -1.02. The van der Waals surface area contributed by atoms with E-state index in [2.05, 4.69) is 5.32 Å². The second-order valence-corrected chi connectivity index (χ2v) is 4.98. The Morgan fingerprint density at radius 2 is 2.05 bits per heavy atom. The summed E-state index contributed by atoms with van der Waals surface area (Å²) in [6.07, 6.45) is -0.217. The first-order chi connectivity index (χ1) is 8.81. The van der Waals surface area contributed by atoms with Crippen LogP contribution in [0.1, 0.15) is 30.6 Å². The molecule has 0 unspecified atom stereocenters. The normalized spacial score (nSPS) is 12.3. The molecule has 6 heteroatoms. The molecule has 0 radical (unpaired) electrons. The zero-order valence-electron chi connectivity index (χ0n) is 10.6. The van der Waals surface area contributed by atoms with Gasteiger partial charge >= 0.3 is 5.97 Å². The number of carboxylic acids is 1. The highest BCUT2D eigenvalue weighted by atomic mass is 35.5. The van der Waals surface area contributed by atoms with Gasteiger partial charge in [0, 0.05) is 11.1 Å². The van der Waals surface area contributed by atoms with Crippen molar-refractivity contribution < 1.29 is 19.1 Å². The Hall–Kier alpha value is -1.62. The molecule has 0 bridgehead atoms. The molecular formula is C13H15ClFNO3. The highest BCUT2D eigenvalue weighted by Crippen LogP contribution is 2.16. The third-order valence-corrected chi connectivity index (χ3v) is 2.92. The van der Waals surface area contributed by atoms with Crippen LogP contribution in [0.15, 0.2) is 18.2 Å². The molecule has 1 aromatic carbocycles. The summed E-state index contributed by atoms with van der Waals surface area (Å²) < 4.78 is 13.5. The summed E-state index contributed by atoms with van der Waals surface area (Å²) in [7, 11) is 0. The van der Waals surface area contributed by atoms with Gasteiger partial charge in [-0.1, -0.05) is 25.4 Å². The van der Waals surface area contributed by atoms with Gasteiger partial charge in [-0.15, -0.1) is 0 Å². The molecule has 1 atom stereocenters. The maximum absolute atomic E-state index is 13.5. The predicted molar refractivity (Wildman–Crippen MR) is 69.8 cm³/mol. The van der Waals surface area contributed by atoms with Gasteiger partial charge in [0.2, 0.25) is 0 Å². The van der Waals surface area contributed by atoms with Crippen LogP contribution in [0.2, 0.25) is 5.02 Å². The number of carbonyl (C=O) groups is 2. The summed E-state index contributed by atoms with van der Waals surface area (Å²) in [6, 6.07) is 3.08. The summed E-state index contributed by atoms with van der Waals surface area (Å²) >= 11 is 5.70. The van der Waals surface area contributed by atoms with E-state index < -0.39 is 23.7 Å². The summed E-state index contributed by atoms with van der Waals surface area (Å²) in [4.78, 5) is 22.6. The third-order valence-electron chi connectivity index (χ3n) is 2.69. The van der Waals surface area contributed by atoms with E-state index in [9.17, 15) is 14.0 Å². The number of rotatable bonds is 5. The number of aliphatic carboxylic acids is 1. The molecule has 0 aliphatic rings. The van der Waals surface area contributed by atoms with Crippen LogP contribution in [0.4, 0.5) is 4.39 Å². The van der Waals surface area contributed by atoms with E-state index in [-0.39, 0.29) is 22.9 Å². The van der Waals surface area contributed by atoms with Gasteiger partial charge in [0.15, 0.2) is 0 Å². The second-order valence-electron chi connectivity index (χ2n) is 4.55. The fourth-order valence-corrected chi connectivity index (χ4v) is 1.73. The number of amides is 1. The van der Waals surface area contributed by atoms with Crippen LogP contribution in [0.25, 0.3) is 0 Å². The van der Waals surface area contributed by atoms with Crippen molar-refractivity contribution in [1.29, 1.82) is 0 Å². The maximum atomic E-state index is 13.5. The monoisotopic (exact) mass is 287 g/mol. The molecule has 0 spiro atoms. The van der Waals surface area contributed by atoms with Gasteiger partial charge < -0.3 is 10.4 Å². The molecule has 0 saturated carbocycles. The van der Waals surface area contributed by atoms with Crippen LogP contribution in [0.3, 0.4) is 0 Å². The zero-order chi connectivity index (χ0) is 14.6. The summed E-state index contributed by atoms with van der Waals surface area (Å²) in [5, 5.41) is 11.5. The van der Waals surface area contributed by atoms with E-state index in [1.54, 1.807) is 13.8 Å². The molecule has 0 heterocycles. The lowest BCUT2D eigenvalue weighted by molar-refractivity contribution is -0.137. The molecule has 2 N–H and O–H groups in total. The van der Waals surface area contributed by atoms with E-state index in [0.29, 0.717) is 0 Å². The molecule has 1 aromatic rings. The first kappa shape index (κ1) is 15.4. The molecule has 1 amide bonds. The first-order valence-corrected chi connectivity index (χ1v) is 6.16. The number of nitrogens with one attached hydrogen (secondary N) is 1. The van der Waals surface area contributed by atoms with Crippen molar-refractivity contribution in [2.75, 3.05) is 0 Å². The molecule has 1 rings (SSSR count). The molecular weight excluding hydrogens is 273 g/mol. The summed E-state index contributed by atoms with van der Waals surface area (Å²) in [5.41, 5.74) is -0.191. The summed E-state index contributed by atoms with van der Waals surface area (Å²) in [5.74, 6) is -2.47. The van der Waals surface area contributed by atoms with Crippen molar-refractivity contribution in [1.82, 2.24) is 5.32 Å². The third kappa shape index (κ3) is 4.52. The first-order valence-electron chi connectivity index (χ1n) is 5.79. The number of halogens is 2. The van der Waals surface area contributed by atoms with E-state index in [1.807, 2.05) is 0 Å². The van der Waals surface area contributed by atoms with E-state index >= 15 is 0 Å². The zero-order valence-corrected chi connectivity index (χ0v) is 11.4. The molecule has 0 aliphatic heterocycles. The van der Waals surface area contributed by atoms with Crippen LogP contribution in [0, 0.1) is 11.7 Å². The minimum absolute atomic E-state index is 0.0812. The smallest absolute Gasteiger partial charge is 0.305 e. The SMILES string of the molecule is CC(C)[C@H](CC(=O)O)NC(=O)c1cc(Cl)ccc1F. The standard InChI is InChI=1S/C13H15ClFNO3/c1-7(2)11(6-12(17)18)16-13(19)9-5-8(14)3-4-10(9)15/h3-5,7,11H,6H2,1-2H3,(H,16,19)(H,17,18)/t11-/m0/s1. The van der Waals surface area contributed by atoms with Crippen molar-refractivity contribution in [3.05, 3.63) is 34.6 Å². The fourth-order valence-electron chi connectivity index (χ4n) is 1.56. The van der Waals surface area contributed by atoms with Gasteiger partial charge in [0.25, 0.3) is 5.91 Å². The molecule has 0 fully saturated rings. The van der Waals surface area contributed by atoms with Crippen LogP contribution in [0.5, 0.6) is 0 Å². The molecule has 4 nitrogen and oxygen atoms in total. The van der Waals surface area contributed by atoms with Gasteiger partial charge in [0.05, 0.1) is 12.0 Å². The van der Waals surface area contributed by atoms with Crippen molar-refractivity contribution >= 4 is 23.5 Å². The Kier molecular flexibility index (Phi) is 5.30. The van der Waals surface area contributed by atoms with E-state index in [1.165, 1.54) is 12.1 Å². The predicted octanol–water partition coefficient (Wildman–Crippen LogP) is 2.71. The van der Waals surface area contributed by atoms with Crippen LogP contribution in [-0.4, -0.2) is 23.0 Å². The Morgan fingerprint density at radius 3 is 2.58 bits per heavy atom. The molecule has 104 valence electrons. The van der Waals surface area contributed by atoms with Crippen molar-refractivity contribution in [2.24, 2.45) is 5.92 Å². The molecule has 0 aromatic heterocycles. The lowest BCUT2D eigenvalue weighted by atomic mass is 10.0. The van der Waals surface area contributed by atoms with E-state index in [4.69, 9.17) is 16.7 Å². The number of benzene rings is 1. The van der Waals surface area contributed by atoms with Crippen molar-refractivity contribution in [3.63, 3.8) is 0 Å². The highest BCUT2D eigenvalue weighted by molar-refractivity contribution is 6.31. The topological polar surface area (TPSA) is 66.4 Å². The Bertz CT molecular complexity index is 491. The fraction of sp³-hybridized carbons (Fsp3) is 0.385. The average Bonchev–Trinajstić information content (AvgIpc) is 2.30. The maximum Gasteiger partial charge on any atom is 0.305 e. The van der Waals surface area contributed by atoms with Crippen molar-refractivity contribution in [2.45, 2.75) is 26.3 Å². The van der Waals surface area contributed by atoms with Crippen LogP contribution in [-0.2, 0) is 4.79 Å². The minimum Gasteiger partial charge on any atom is -0.481 e. The molecule has 19 heavy (non-hydrogen) atoms. The number of hydrogen-bond acceptors (Lipinski definition) is 2. The Balaban J connectivity index is 2.87. The Morgan fingerprint density at radius 1 is 1.42 bits per heavy atom. The lowest BCUT2D eigenvalue weighted by Gasteiger charge is -2.20.